The maximum Gasteiger partial charge on any atom is -0.0261 e. The van der Waals surface area contributed by atoms with Crippen LogP contribution in [0.25, 0.3) is 0 Å². The number of rotatable bonds is 11. The van der Waals surface area contributed by atoms with Gasteiger partial charge in [0.25, 0.3) is 0 Å². The smallest absolute Gasteiger partial charge is 0.0261 e. The van der Waals surface area contributed by atoms with Crippen LogP contribution in [0.1, 0.15) is 234 Å². The quantitative estimate of drug-likeness (QED) is 0.209. The van der Waals surface area contributed by atoms with Gasteiger partial charge < -0.3 is 0 Å². The number of hydrogen-bond donors (Lipinski definition) is 0. The Hall–Kier alpha value is 0. The molecule has 0 nitrogen and oxygen atoms in total. The summed E-state index contributed by atoms with van der Waals surface area (Å²) in [6.07, 6.45) is 45.7. The van der Waals surface area contributed by atoms with Crippen molar-refractivity contribution >= 4 is 0 Å². The zero-order chi connectivity index (χ0) is 33.2. The molecule has 7 unspecified atom stereocenters. The molecule has 0 N–H and O–H groups in total. The van der Waals surface area contributed by atoms with Crippen LogP contribution in [-0.2, 0) is 0 Å². The minimum Gasteiger partial charge on any atom is -0.0620 e. The Labute approximate surface area is 295 Å². The summed E-state index contributed by atoms with van der Waals surface area (Å²) in [5, 5.41) is 0. The predicted octanol–water partition coefficient (Wildman–Crippen LogP) is 15.5. The summed E-state index contributed by atoms with van der Waals surface area (Å²) < 4.78 is 0. The number of fused-ring (bicyclic) bond motifs is 1. The molecule has 6 aliphatic carbocycles. The molecule has 7 atom stereocenters. The van der Waals surface area contributed by atoms with Gasteiger partial charge in [0.2, 0.25) is 0 Å². The largest absolute Gasteiger partial charge is 0.0620 e. The zero-order valence-corrected chi connectivity index (χ0v) is 33.2. The fourth-order valence-electron chi connectivity index (χ4n) is 14.9. The summed E-state index contributed by atoms with van der Waals surface area (Å²) in [5.41, 5.74) is 2.89. The van der Waals surface area contributed by atoms with Gasteiger partial charge in [-0.2, -0.15) is 0 Å². The standard InChI is InChI=1S/C47H84/c1-37(43(2)25-13-7-14-26-43)34-39(44(3)27-15-8-16-28-44)35-40(45(4)29-17-9-18-30-45)36-42(46(5)31-19-10-20-32-46)47(6)33-21-23-38-22-11-12-24-41(38)47/h37-42H,7-36H2,1-6H3. The molecule has 0 heteroatoms. The van der Waals surface area contributed by atoms with Crippen LogP contribution in [0.4, 0.5) is 0 Å². The van der Waals surface area contributed by atoms with Gasteiger partial charge in [0.15, 0.2) is 0 Å². The van der Waals surface area contributed by atoms with Crippen molar-refractivity contribution in [2.75, 3.05) is 0 Å². The van der Waals surface area contributed by atoms with E-state index in [0.717, 1.165) is 35.5 Å². The molecule has 0 aromatic heterocycles. The molecule has 0 amide bonds. The van der Waals surface area contributed by atoms with E-state index in [1.165, 1.54) is 154 Å². The van der Waals surface area contributed by atoms with E-state index in [9.17, 15) is 0 Å². The monoisotopic (exact) mass is 649 g/mol. The maximum absolute atomic E-state index is 2.92. The lowest BCUT2D eigenvalue weighted by Gasteiger charge is -2.60. The van der Waals surface area contributed by atoms with Crippen LogP contribution in [-0.4, -0.2) is 0 Å². The first kappa shape index (κ1) is 36.8. The molecule has 0 aromatic rings. The lowest BCUT2D eigenvalue weighted by atomic mass is 9.45. The molecule has 6 fully saturated rings. The fraction of sp³-hybridized carbons (Fsp3) is 1.00. The van der Waals surface area contributed by atoms with Gasteiger partial charge in [-0.05, 0) is 146 Å². The highest BCUT2D eigenvalue weighted by molar-refractivity contribution is 5.05. The van der Waals surface area contributed by atoms with Crippen LogP contribution >= 0.6 is 0 Å². The average molecular weight is 649 g/mol. The molecule has 0 heterocycles. The second kappa shape index (κ2) is 15.3. The van der Waals surface area contributed by atoms with Crippen molar-refractivity contribution in [2.24, 2.45) is 62.6 Å². The van der Waals surface area contributed by atoms with Crippen molar-refractivity contribution in [1.29, 1.82) is 0 Å². The molecule has 0 aromatic carbocycles. The predicted molar refractivity (Wildman–Crippen MR) is 206 cm³/mol. The topological polar surface area (TPSA) is 0 Å². The van der Waals surface area contributed by atoms with Gasteiger partial charge in [-0.25, -0.2) is 0 Å². The van der Waals surface area contributed by atoms with Gasteiger partial charge in [0.05, 0.1) is 0 Å². The third kappa shape index (κ3) is 7.93. The number of hydrogen-bond acceptors (Lipinski definition) is 0. The SMILES string of the molecule is CC(CC(CC(CC(C1(C)CCCCC1)C1(C)CCCC2CCCCC21)C1(C)CCCCC1)C1(C)CCCCC1)C1(C)CCCCC1. The van der Waals surface area contributed by atoms with Gasteiger partial charge in [-0.15, -0.1) is 0 Å². The van der Waals surface area contributed by atoms with Gasteiger partial charge in [-0.3, -0.25) is 0 Å². The summed E-state index contributed by atoms with van der Waals surface area (Å²) in [4.78, 5) is 0. The fourth-order valence-corrected chi connectivity index (χ4v) is 14.9. The lowest BCUT2D eigenvalue weighted by Crippen LogP contribution is -2.51. The third-order valence-electron chi connectivity index (χ3n) is 18.6. The Morgan fingerprint density at radius 2 is 0.830 bits per heavy atom. The highest BCUT2D eigenvalue weighted by atomic mass is 14.6. The van der Waals surface area contributed by atoms with Crippen molar-refractivity contribution in [3.8, 4) is 0 Å². The van der Waals surface area contributed by atoms with Gasteiger partial charge >= 0.3 is 0 Å². The lowest BCUT2D eigenvalue weighted by molar-refractivity contribution is -0.103. The highest BCUT2D eigenvalue weighted by Crippen LogP contribution is 2.64. The molecule has 0 saturated heterocycles. The molecule has 272 valence electrons. The molecule has 6 saturated carbocycles. The maximum atomic E-state index is 2.92. The molecule has 47 heavy (non-hydrogen) atoms. The summed E-state index contributed by atoms with van der Waals surface area (Å²) in [6.45, 7) is 16.9. The summed E-state index contributed by atoms with van der Waals surface area (Å²) in [5.74, 6) is 5.76. The van der Waals surface area contributed by atoms with E-state index in [1.54, 1.807) is 38.5 Å². The Morgan fingerprint density at radius 1 is 0.404 bits per heavy atom. The molecular formula is C47H84. The van der Waals surface area contributed by atoms with Crippen LogP contribution in [0.2, 0.25) is 0 Å². The van der Waals surface area contributed by atoms with Gasteiger partial charge in [0, 0.05) is 0 Å². The molecule has 6 rings (SSSR count). The summed E-state index contributed by atoms with van der Waals surface area (Å²) in [7, 11) is 0. The van der Waals surface area contributed by atoms with Crippen LogP contribution in [0, 0.1) is 62.6 Å². The van der Waals surface area contributed by atoms with Crippen molar-refractivity contribution in [1.82, 2.24) is 0 Å². The zero-order valence-electron chi connectivity index (χ0n) is 33.2. The molecular weight excluding hydrogens is 565 g/mol. The summed E-state index contributed by atoms with van der Waals surface area (Å²) >= 11 is 0. The van der Waals surface area contributed by atoms with E-state index < -0.39 is 0 Å². The second-order valence-corrected chi connectivity index (χ2v) is 21.5. The van der Waals surface area contributed by atoms with Crippen LogP contribution < -0.4 is 0 Å². The van der Waals surface area contributed by atoms with Crippen LogP contribution in [0.5, 0.6) is 0 Å². The van der Waals surface area contributed by atoms with Crippen molar-refractivity contribution in [3.05, 3.63) is 0 Å². The van der Waals surface area contributed by atoms with E-state index >= 15 is 0 Å². The minimum atomic E-state index is 0.569. The van der Waals surface area contributed by atoms with Gasteiger partial charge in [0.1, 0.15) is 0 Å². The minimum absolute atomic E-state index is 0.569. The third-order valence-corrected chi connectivity index (χ3v) is 18.6. The Balaban J connectivity index is 1.36. The normalized spacial score (nSPS) is 36.4. The average Bonchev–Trinajstić information content (AvgIpc) is 3.07. The van der Waals surface area contributed by atoms with Crippen LogP contribution in [0.15, 0.2) is 0 Å². The van der Waals surface area contributed by atoms with E-state index in [2.05, 4.69) is 41.5 Å². The first-order valence-corrected chi connectivity index (χ1v) is 22.5. The van der Waals surface area contributed by atoms with Crippen LogP contribution in [0.3, 0.4) is 0 Å². The molecule has 0 radical (unpaired) electrons. The Kier molecular flexibility index (Phi) is 12.0. The van der Waals surface area contributed by atoms with E-state index in [0.29, 0.717) is 27.1 Å². The van der Waals surface area contributed by atoms with Crippen molar-refractivity contribution in [3.63, 3.8) is 0 Å². The van der Waals surface area contributed by atoms with E-state index in [4.69, 9.17) is 0 Å². The first-order chi connectivity index (χ1) is 22.5. The van der Waals surface area contributed by atoms with E-state index in [1.807, 2.05) is 0 Å². The van der Waals surface area contributed by atoms with E-state index in [-0.39, 0.29) is 0 Å². The first-order valence-electron chi connectivity index (χ1n) is 22.5. The molecule has 0 spiro atoms. The van der Waals surface area contributed by atoms with Crippen molar-refractivity contribution < 1.29 is 0 Å². The highest BCUT2D eigenvalue weighted by Gasteiger charge is 2.55. The van der Waals surface area contributed by atoms with Crippen molar-refractivity contribution in [2.45, 2.75) is 234 Å². The Bertz CT molecular complexity index is 947. The molecule has 0 aliphatic heterocycles. The molecule has 6 aliphatic rings. The second-order valence-electron chi connectivity index (χ2n) is 21.5. The summed E-state index contributed by atoms with van der Waals surface area (Å²) in [6, 6.07) is 0. The molecule has 0 bridgehead atoms. The van der Waals surface area contributed by atoms with Gasteiger partial charge in [-0.1, -0.05) is 151 Å². The Morgan fingerprint density at radius 3 is 1.36 bits per heavy atom.